The van der Waals surface area contributed by atoms with Crippen molar-refractivity contribution in [3.05, 3.63) is 48.6 Å². The molecule has 1 aromatic carbocycles. The maximum absolute atomic E-state index is 12.5. The number of carbonyl (C=O) groups excluding carboxylic acids is 1. The Kier molecular flexibility index (Phi) is 6.66. The average molecular weight is 289 g/mol. The lowest BCUT2D eigenvalue weighted by molar-refractivity contribution is -0.142. The molecule has 0 aliphatic heterocycles. The van der Waals surface area contributed by atoms with Crippen molar-refractivity contribution in [2.75, 3.05) is 0 Å². The maximum Gasteiger partial charge on any atom is 0.326 e. The van der Waals surface area contributed by atoms with E-state index >= 15 is 0 Å². The van der Waals surface area contributed by atoms with Gasteiger partial charge in [-0.15, -0.1) is 6.58 Å². The molecule has 114 valence electrons. The second-order valence-corrected chi connectivity index (χ2v) is 5.20. The quantitative estimate of drug-likeness (QED) is 0.723. The molecule has 3 atom stereocenters. The summed E-state index contributed by atoms with van der Waals surface area (Å²) >= 11 is 0. The van der Waals surface area contributed by atoms with Crippen LogP contribution in [0.3, 0.4) is 0 Å². The van der Waals surface area contributed by atoms with Crippen molar-refractivity contribution in [1.82, 2.24) is 5.32 Å². The Morgan fingerprint density at radius 1 is 1.33 bits per heavy atom. The Balaban J connectivity index is 2.96. The number of benzene rings is 1. The molecular weight excluding hydrogens is 266 g/mol. The summed E-state index contributed by atoms with van der Waals surface area (Å²) in [6.07, 6.45) is 2.55. The Morgan fingerprint density at radius 2 is 1.95 bits per heavy atom. The fourth-order valence-electron chi connectivity index (χ4n) is 2.28. The summed E-state index contributed by atoms with van der Waals surface area (Å²) < 4.78 is 0. The molecule has 21 heavy (non-hydrogen) atoms. The molecule has 0 aromatic heterocycles. The van der Waals surface area contributed by atoms with Crippen molar-refractivity contribution in [1.29, 1.82) is 0 Å². The number of carboxylic acid groups (broad SMARTS) is 1. The predicted molar refractivity (Wildman–Crippen MR) is 83.0 cm³/mol. The number of hydrogen-bond donors (Lipinski definition) is 2. The molecule has 0 saturated carbocycles. The van der Waals surface area contributed by atoms with E-state index in [0.29, 0.717) is 0 Å². The lowest BCUT2D eigenvalue weighted by atomic mass is 9.84. The van der Waals surface area contributed by atoms with Gasteiger partial charge in [0, 0.05) is 0 Å². The normalized spacial score (nSPS) is 14.8. The summed E-state index contributed by atoms with van der Waals surface area (Å²) in [5.74, 6) is -1.50. The zero-order valence-electron chi connectivity index (χ0n) is 12.6. The first-order chi connectivity index (χ1) is 10.0. The number of amides is 1. The maximum atomic E-state index is 12.5. The highest BCUT2D eigenvalue weighted by Crippen LogP contribution is 2.27. The summed E-state index contributed by atoms with van der Waals surface area (Å²) in [5, 5.41) is 11.8. The first kappa shape index (κ1) is 17.0. The summed E-state index contributed by atoms with van der Waals surface area (Å²) in [5.41, 5.74) is 0.909. The number of aliphatic carboxylic acids is 1. The van der Waals surface area contributed by atoms with Crippen LogP contribution in [0, 0.1) is 5.92 Å². The molecule has 4 nitrogen and oxygen atoms in total. The molecule has 0 radical (unpaired) electrons. The van der Waals surface area contributed by atoms with Crippen LogP contribution in [-0.2, 0) is 9.59 Å². The van der Waals surface area contributed by atoms with Gasteiger partial charge in [-0.2, -0.15) is 0 Å². The van der Waals surface area contributed by atoms with Gasteiger partial charge in [-0.1, -0.05) is 56.7 Å². The first-order valence-electron chi connectivity index (χ1n) is 7.20. The van der Waals surface area contributed by atoms with E-state index in [1.165, 1.54) is 6.08 Å². The van der Waals surface area contributed by atoms with Gasteiger partial charge in [0.1, 0.15) is 6.04 Å². The smallest absolute Gasteiger partial charge is 0.326 e. The topological polar surface area (TPSA) is 66.4 Å². The van der Waals surface area contributed by atoms with Gasteiger partial charge < -0.3 is 10.4 Å². The van der Waals surface area contributed by atoms with Gasteiger partial charge in [-0.3, -0.25) is 4.79 Å². The van der Waals surface area contributed by atoms with Gasteiger partial charge in [0.05, 0.1) is 5.92 Å². The number of nitrogens with one attached hydrogen (secondary N) is 1. The van der Waals surface area contributed by atoms with Crippen LogP contribution in [0.4, 0.5) is 0 Å². The highest BCUT2D eigenvalue weighted by molar-refractivity contribution is 5.88. The molecule has 0 fully saturated rings. The molecule has 0 aliphatic carbocycles. The minimum absolute atomic E-state index is 0.130. The van der Waals surface area contributed by atoms with E-state index in [-0.39, 0.29) is 24.2 Å². The number of carboxylic acids is 1. The monoisotopic (exact) mass is 289 g/mol. The zero-order valence-corrected chi connectivity index (χ0v) is 12.6. The molecule has 3 unspecified atom stereocenters. The van der Waals surface area contributed by atoms with E-state index in [1.807, 2.05) is 44.2 Å². The second kappa shape index (κ2) is 8.25. The number of carbonyl (C=O) groups is 2. The lowest BCUT2D eigenvalue weighted by Crippen LogP contribution is -2.43. The summed E-state index contributed by atoms with van der Waals surface area (Å²) in [4.78, 5) is 23.7. The van der Waals surface area contributed by atoms with Gasteiger partial charge in [0.15, 0.2) is 0 Å². The molecule has 2 N–H and O–H groups in total. The van der Waals surface area contributed by atoms with Crippen molar-refractivity contribution >= 4 is 11.9 Å². The molecule has 4 heteroatoms. The Labute approximate surface area is 125 Å². The van der Waals surface area contributed by atoms with Crippen LogP contribution >= 0.6 is 0 Å². The molecule has 0 heterocycles. The van der Waals surface area contributed by atoms with Crippen LogP contribution in [0.25, 0.3) is 0 Å². The Bertz CT molecular complexity index is 484. The molecular formula is C17H23NO3. The van der Waals surface area contributed by atoms with Crippen LogP contribution in [0.2, 0.25) is 0 Å². The van der Waals surface area contributed by atoms with Crippen LogP contribution in [0.1, 0.15) is 38.2 Å². The zero-order chi connectivity index (χ0) is 15.8. The summed E-state index contributed by atoms with van der Waals surface area (Å²) in [6, 6.07) is 8.55. The number of hydrogen-bond acceptors (Lipinski definition) is 2. The van der Waals surface area contributed by atoms with Gasteiger partial charge >= 0.3 is 5.97 Å². The molecule has 0 spiro atoms. The van der Waals surface area contributed by atoms with E-state index in [1.54, 1.807) is 0 Å². The van der Waals surface area contributed by atoms with E-state index in [9.17, 15) is 9.59 Å². The SMILES string of the molecule is C=CCC(NC(=O)C(c1ccccc1)C(C)CC)C(=O)O. The minimum Gasteiger partial charge on any atom is -0.480 e. The fraction of sp³-hybridized carbons (Fsp3) is 0.412. The van der Waals surface area contributed by atoms with Gasteiger partial charge in [-0.05, 0) is 17.9 Å². The van der Waals surface area contributed by atoms with Gasteiger partial charge in [-0.25, -0.2) is 4.79 Å². The molecule has 1 rings (SSSR count). The van der Waals surface area contributed by atoms with Crippen LogP contribution in [0.5, 0.6) is 0 Å². The lowest BCUT2D eigenvalue weighted by Gasteiger charge is -2.24. The molecule has 1 aromatic rings. The van der Waals surface area contributed by atoms with Crippen LogP contribution in [-0.4, -0.2) is 23.0 Å². The van der Waals surface area contributed by atoms with Crippen molar-refractivity contribution in [3.8, 4) is 0 Å². The molecule has 0 aliphatic rings. The fourth-order valence-corrected chi connectivity index (χ4v) is 2.28. The third kappa shape index (κ3) is 4.74. The standard InChI is InChI=1S/C17H23NO3/c1-4-9-14(17(20)21)18-16(19)15(12(3)5-2)13-10-7-6-8-11-13/h4,6-8,10-12,14-15H,1,5,9H2,2-3H3,(H,18,19)(H,20,21). The average Bonchev–Trinajstić information content (AvgIpc) is 2.47. The minimum atomic E-state index is -1.04. The molecule has 1 amide bonds. The molecule has 0 bridgehead atoms. The van der Waals surface area contributed by atoms with Gasteiger partial charge in [0.25, 0.3) is 0 Å². The van der Waals surface area contributed by atoms with Crippen molar-refractivity contribution < 1.29 is 14.7 Å². The van der Waals surface area contributed by atoms with E-state index in [4.69, 9.17) is 5.11 Å². The van der Waals surface area contributed by atoms with E-state index in [0.717, 1.165) is 12.0 Å². The highest BCUT2D eigenvalue weighted by Gasteiger charge is 2.29. The van der Waals surface area contributed by atoms with Crippen molar-refractivity contribution in [3.63, 3.8) is 0 Å². The predicted octanol–water partition coefficient (Wildman–Crippen LogP) is 2.96. The second-order valence-electron chi connectivity index (χ2n) is 5.20. The molecule has 0 saturated heterocycles. The van der Waals surface area contributed by atoms with E-state index < -0.39 is 12.0 Å². The third-order valence-electron chi connectivity index (χ3n) is 3.67. The summed E-state index contributed by atoms with van der Waals surface area (Å²) in [7, 11) is 0. The van der Waals surface area contributed by atoms with Crippen molar-refractivity contribution in [2.24, 2.45) is 5.92 Å². The first-order valence-corrected chi connectivity index (χ1v) is 7.20. The van der Waals surface area contributed by atoms with Crippen molar-refractivity contribution in [2.45, 2.75) is 38.6 Å². The Hall–Kier alpha value is -2.10. The van der Waals surface area contributed by atoms with Gasteiger partial charge in [0.2, 0.25) is 5.91 Å². The van der Waals surface area contributed by atoms with Crippen LogP contribution < -0.4 is 5.32 Å². The third-order valence-corrected chi connectivity index (χ3v) is 3.67. The largest absolute Gasteiger partial charge is 0.480 e. The number of rotatable bonds is 8. The Morgan fingerprint density at radius 3 is 2.43 bits per heavy atom. The van der Waals surface area contributed by atoms with E-state index in [2.05, 4.69) is 11.9 Å². The van der Waals surface area contributed by atoms with Crippen LogP contribution in [0.15, 0.2) is 43.0 Å². The summed E-state index contributed by atoms with van der Waals surface area (Å²) in [6.45, 7) is 7.55. The highest BCUT2D eigenvalue weighted by atomic mass is 16.4.